The van der Waals surface area contributed by atoms with Gasteiger partial charge in [-0.05, 0) is 37.5 Å². The molecule has 2 bridgehead atoms. The Kier molecular flexibility index (Phi) is 2.21. The Labute approximate surface area is 81.9 Å². The molecule has 0 amide bonds. The molecule has 4 heteroatoms. The highest BCUT2D eigenvalue weighted by atomic mass is 16.4. The van der Waals surface area contributed by atoms with Crippen molar-refractivity contribution in [3.05, 3.63) is 0 Å². The van der Waals surface area contributed by atoms with Gasteiger partial charge in [0.25, 0.3) is 0 Å². The van der Waals surface area contributed by atoms with Crippen molar-refractivity contribution in [2.24, 2.45) is 23.7 Å². The third kappa shape index (κ3) is 1.29. The van der Waals surface area contributed by atoms with Crippen LogP contribution in [0.5, 0.6) is 0 Å². The molecular weight excluding hydrogens is 184 g/mol. The van der Waals surface area contributed by atoms with Crippen molar-refractivity contribution in [1.29, 1.82) is 0 Å². The molecule has 4 nitrogen and oxygen atoms in total. The molecular formula is C10H14O4. The van der Waals surface area contributed by atoms with Gasteiger partial charge in [-0.25, -0.2) is 0 Å². The van der Waals surface area contributed by atoms with Crippen LogP contribution in [0.4, 0.5) is 0 Å². The standard InChI is InChI=1S/C10H14O4/c11-9(12)7-4-2-5-1-3-6(7)8(5)10(13)14/h5-8H,1-4H2,(H,11,12)(H,13,14). The van der Waals surface area contributed by atoms with Crippen molar-refractivity contribution in [1.82, 2.24) is 0 Å². The lowest BCUT2D eigenvalue weighted by Gasteiger charge is -2.31. The normalized spacial score (nSPS) is 40.9. The summed E-state index contributed by atoms with van der Waals surface area (Å²) in [5, 5.41) is 18.0. The van der Waals surface area contributed by atoms with Gasteiger partial charge in [0.15, 0.2) is 0 Å². The number of rotatable bonds is 2. The summed E-state index contributed by atoms with van der Waals surface area (Å²) in [5.41, 5.74) is 0. The van der Waals surface area contributed by atoms with Gasteiger partial charge in [-0.1, -0.05) is 0 Å². The predicted molar refractivity (Wildman–Crippen MR) is 47.7 cm³/mol. The van der Waals surface area contributed by atoms with E-state index in [-0.39, 0.29) is 11.8 Å². The van der Waals surface area contributed by atoms with Crippen molar-refractivity contribution in [3.63, 3.8) is 0 Å². The van der Waals surface area contributed by atoms with Crippen molar-refractivity contribution < 1.29 is 19.8 Å². The predicted octanol–water partition coefficient (Wildman–Crippen LogP) is 1.21. The van der Waals surface area contributed by atoms with Gasteiger partial charge in [0.05, 0.1) is 11.8 Å². The van der Waals surface area contributed by atoms with Gasteiger partial charge in [0.1, 0.15) is 0 Å². The molecule has 4 unspecified atom stereocenters. The van der Waals surface area contributed by atoms with E-state index >= 15 is 0 Å². The lowest BCUT2D eigenvalue weighted by atomic mass is 9.72. The molecule has 4 atom stereocenters. The van der Waals surface area contributed by atoms with Crippen LogP contribution >= 0.6 is 0 Å². The molecule has 2 aliphatic carbocycles. The van der Waals surface area contributed by atoms with Crippen LogP contribution in [0.1, 0.15) is 25.7 Å². The van der Waals surface area contributed by atoms with E-state index in [2.05, 4.69) is 0 Å². The number of aliphatic carboxylic acids is 2. The Balaban J connectivity index is 2.21. The molecule has 78 valence electrons. The zero-order chi connectivity index (χ0) is 10.3. The van der Waals surface area contributed by atoms with Gasteiger partial charge in [-0.15, -0.1) is 0 Å². The quantitative estimate of drug-likeness (QED) is 0.699. The second-order valence-corrected chi connectivity index (χ2v) is 4.39. The summed E-state index contributed by atoms with van der Waals surface area (Å²) in [5.74, 6) is -2.33. The van der Waals surface area contributed by atoms with Crippen molar-refractivity contribution in [3.8, 4) is 0 Å². The highest BCUT2D eigenvalue weighted by Gasteiger charge is 2.50. The van der Waals surface area contributed by atoms with Crippen LogP contribution in [-0.4, -0.2) is 22.2 Å². The van der Waals surface area contributed by atoms with Gasteiger partial charge >= 0.3 is 11.9 Å². The average molecular weight is 198 g/mol. The number of carbonyl (C=O) groups is 2. The fourth-order valence-corrected chi connectivity index (χ4v) is 3.19. The Hall–Kier alpha value is -1.06. The summed E-state index contributed by atoms with van der Waals surface area (Å²) in [6.45, 7) is 0. The summed E-state index contributed by atoms with van der Waals surface area (Å²) < 4.78 is 0. The first-order valence-corrected chi connectivity index (χ1v) is 5.07. The van der Waals surface area contributed by atoms with Gasteiger partial charge in [-0.3, -0.25) is 9.59 Å². The lowest BCUT2D eigenvalue weighted by Crippen LogP contribution is -2.37. The first kappa shape index (κ1) is 9.49. The van der Waals surface area contributed by atoms with E-state index < -0.39 is 23.8 Å². The molecule has 0 aromatic carbocycles. The molecule has 2 N–H and O–H groups in total. The van der Waals surface area contributed by atoms with Crippen LogP contribution in [0, 0.1) is 23.7 Å². The monoisotopic (exact) mass is 198 g/mol. The maximum absolute atomic E-state index is 11.0. The highest BCUT2D eigenvalue weighted by molar-refractivity contribution is 5.75. The number of hydrogen-bond acceptors (Lipinski definition) is 2. The topological polar surface area (TPSA) is 74.6 Å². The SMILES string of the molecule is O=C(O)C1CCC2CCC1C2C(=O)O. The number of hydrogen-bond donors (Lipinski definition) is 2. The van der Waals surface area contributed by atoms with E-state index in [0.717, 1.165) is 19.3 Å². The maximum atomic E-state index is 11.0. The van der Waals surface area contributed by atoms with Gasteiger partial charge in [-0.2, -0.15) is 0 Å². The van der Waals surface area contributed by atoms with Crippen molar-refractivity contribution in [2.75, 3.05) is 0 Å². The van der Waals surface area contributed by atoms with Crippen LogP contribution in [0.2, 0.25) is 0 Å². The largest absolute Gasteiger partial charge is 0.481 e. The minimum absolute atomic E-state index is 0.122. The fraction of sp³-hybridized carbons (Fsp3) is 0.800. The maximum Gasteiger partial charge on any atom is 0.307 e. The molecule has 14 heavy (non-hydrogen) atoms. The molecule has 0 aromatic heterocycles. The van der Waals surface area contributed by atoms with Crippen LogP contribution in [-0.2, 0) is 9.59 Å². The minimum Gasteiger partial charge on any atom is -0.481 e. The summed E-state index contributed by atoms with van der Waals surface area (Å²) in [6.07, 6.45) is 3.10. The van der Waals surface area contributed by atoms with Gasteiger partial charge in [0, 0.05) is 0 Å². The summed E-state index contributed by atoms with van der Waals surface area (Å²) in [4.78, 5) is 21.9. The summed E-state index contributed by atoms with van der Waals surface area (Å²) in [7, 11) is 0. The van der Waals surface area contributed by atoms with E-state index in [0.29, 0.717) is 6.42 Å². The fourth-order valence-electron chi connectivity index (χ4n) is 3.19. The molecule has 0 saturated heterocycles. The number of fused-ring (bicyclic) bond motifs is 2. The van der Waals surface area contributed by atoms with Crippen LogP contribution in [0.3, 0.4) is 0 Å². The molecule has 2 saturated carbocycles. The van der Waals surface area contributed by atoms with Crippen LogP contribution in [0.25, 0.3) is 0 Å². The molecule has 2 aliphatic rings. The zero-order valence-electron chi connectivity index (χ0n) is 7.85. The third-order valence-electron chi connectivity index (χ3n) is 3.81. The van der Waals surface area contributed by atoms with E-state index in [9.17, 15) is 9.59 Å². The highest BCUT2D eigenvalue weighted by Crippen LogP contribution is 2.49. The van der Waals surface area contributed by atoms with Crippen LogP contribution < -0.4 is 0 Å². The molecule has 0 aromatic rings. The van der Waals surface area contributed by atoms with E-state index in [1.807, 2.05) is 0 Å². The molecule has 2 fully saturated rings. The van der Waals surface area contributed by atoms with E-state index in [1.54, 1.807) is 0 Å². The Morgan fingerprint density at radius 3 is 2.14 bits per heavy atom. The molecule has 0 heterocycles. The number of carboxylic acids is 2. The second-order valence-electron chi connectivity index (χ2n) is 4.39. The Morgan fingerprint density at radius 2 is 1.57 bits per heavy atom. The molecule has 0 radical (unpaired) electrons. The van der Waals surface area contributed by atoms with E-state index in [4.69, 9.17) is 10.2 Å². The average Bonchev–Trinajstić information content (AvgIpc) is 2.40. The summed E-state index contributed by atoms with van der Waals surface area (Å²) in [6, 6.07) is 0. The zero-order valence-corrected chi connectivity index (χ0v) is 7.85. The van der Waals surface area contributed by atoms with E-state index in [1.165, 1.54) is 0 Å². The summed E-state index contributed by atoms with van der Waals surface area (Å²) >= 11 is 0. The molecule has 0 spiro atoms. The van der Waals surface area contributed by atoms with Crippen molar-refractivity contribution >= 4 is 11.9 Å². The molecule has 0 aliphatic heterocycles. The molecule has 2 rings (SSSR count). The first-order valence-electron chi connectivity index (χ1n) is 5.07. The Bertz CT molecular complexity index is 273. The smallest absolute Gasteiger partial charge is 0.307 e. The lowest BCUT2D eigenvalue weighted by molar-refractivity contribution is -0.152. The van der Waals surface area contributed by atoms with Crippen molar-refractivity contribution in [2.45, 2.75) is 25.7 Å². The Morgan fingerprint density at radius 1 is 0.929 bits per heavy atom. The minimum atomic E-state index is -0.818. The number of carboxylic acid groups (broad SMARTS) is 2. The first-order chi connectivity index (χ1) is 6.61. The van der Waals surface area contributed by atoms with Crippen LogP contribution in [0.15, 0.2) is 0 Å². The van der Waals surface area contributed by atoms with Gasteiger partial charge < -0.3 is 10.2 Å². The third-order valence-corrected chi connectivity index (χ3v) is 3.81. The second kappa shape index (κ2) is 3.26. The van der Waals surface area contributed by atoms with Gasteiger partial charge in [0.2, 0.25) is 0 Å².